The molecule has 1 aromatic carbocycles. The number of nitrogens with one attached hydrogen (secondary N) is 2. The Morgan fingerprint density at radius 2 is 2.24 bits per heavy atom. The molecular formula is C12H17ClN2OS. The van der Waals surface area contributed by atoms with Crippen LogP contribution in [0.1, 0.15) is 17.3 Å². The molecule has 5 heteroatoms. The van der Waals surface area contributed by atoms with Crippen molar-refractivity contribution >= 4 is 35.0 Å². The Labute approximate surface area is 111 Å². The first-order chi connectivity index (χ1) is 8.08. The molecule has 17 heavy (non-hydrogen) atoms. The van der Waals surface area contributed by atoms with Gasteiger partial charge in [-0.3, -0.25) is 4.79 Å². The van der Waals surface area contributed by atoms with Crippen molar-refractivity contribution in [2.24, 2.45) is 0 Å². The zero-order valence-corrected chi connectivity index (χ0v) is 11.8. The first kappa shape index (κ1) is 14.2. The molecule has 0 heterocycles. The fraction of sp³-hybridized carbons (Fsp3) is 0.417. The van der Waals surface area contributed by atoms with Gasteiger partial charge in [0, 0.05) is 29.6 Å². The van der Waals surface area contributed by atoms with E-state index in [1.807, 2.05) is 6.26 Å². The third-order valence-electron chi connectivity index (χ3n) is 2.45. The molecule has 0 fully saturated rings. The van der Waals surface area contributed by atoms with Crippen molar-refractivity contribution in [1.82, 2.24) is 5.32 Å². The van der Waals surface area contributed by atoms with Crippen molar-refractivity contribution in [1.29, 1.82) is 0 Å². The quantitative estimate of drug-likeness (QED) is 0.866. The van der Waals surface area contributed by atoms with E-state index in [1.54, 1.807) is 37.0 Å². The second kappa shape index (κ2) is 6.77. The third-order valence-corrected chi connectivity index (χ3v) is 3.65. The number of carbonyl (C=O) groups excluding carboxylic acids is 1. The van der Waals surface area contributed by atoms with Crippen LogP contribution in [0.2, 0.25) is 5.02 Å². The zero-order valence-electron chi connectivity index (χ0n) is 10.2. The molecule has 1 rings (SSSR count). The molecule has 1 amide bonds. The zero-order chi connectivity index (χ0) is 12.8. The normalized spacial score (nSPS) is 12.0. The number of amides is 1. The van der Waals surface area contributed by atoms with Gasteiger partial charge in [0.25, 0.3) is 5.91 Å². The fourth-order valence-electron chi connectivity index (χ4n) is 1.34. The molecule has 0 radical (unpaired) electrons. The van der Waals surface area contributed by atoms with Gasteiger partial charge in [-0.1, -0.05) is 18.5 Å². The standard InChI is InChI=1S/C12H17ClN2OS/c1-8(17-3)7-15-12(16)10-6-9(13)4-5-11(10)14-2/h4-6,8,14H,7H2,1-3H3,(H,15,16). The van der Waals surface area contributed by atoms with Crippen LogP contribution in [0.15, 0.2) is 18.2 Å². The summed E-state index contributed by atoms with van der Waals surface area (Å²) in [5.41, 5.74) is 1.36. The minimum absolute atomic E-state index is 0.0993. The minimum atomic E-state index is -0.0993. The summed E-state index contributed by atoms with van der Waals surface area (Å²) in [4.78, 5) is 12.0. The SMILES string of the molecule is CNc1ccc(Cl)cc1C(=O)NCC(C)SC. The Kier molecular flexibility index (Phi) is 5.65. The third kappa shape index (κ3) is 4.13. The maximum Gasteiger partial charge on any atom is 0.253 e. The number of thioether (sulfide) groups is 1. The smallest absolute Gasteiger partial charge is 0.253 e. The molecule has 1 aromatic rings. The average molecular weight is 273 g/mol. The molecule has 94 valence electrons. The molecule has 0 aliphatic rings. The van der Waals surface area contributed by atoms with E-state index in [2.05, 4.69) is 17.6 Å². The van der Waals surface area contributed by atoms with Gasteiger partial charge in [-0.15, -0.1) is 0 Å². The molecule has 0 aliphatic heterocycles. The highest BCUT2D eigenvalue weighted by Crippen LogP contribution is 2.20. The summed E-state index contributed by atoms with van der Waals surface area (Å²) in [6.07, 6.45) is 2.02. The molecule has 1 atom stereocenters. The number of hydrogen-bond acceptors (Lipinski definition) is 3. The maximum atomic E-state index is 12.0. The predicted molar refractivity (Wildman–Crippen MR) is 76.3 cm³/mol. The Hall–Kier alpha value is -0.870. The number of hydrogen-bond donors (Lipinski definition) is 2. The molecule has 0 aromatic heterocycles. The predicted octanol–water partition coefficient (Wildman–Crippen LogP) is 2.86. The van der Waals surface area contributed by atoms with Gasteiger partial charge < -0.3 is 10.6 Å². The number of carbonyl (C=O) groups is 1. The largest absolute Gasteiger partial charge is 0.387 e. The van der Waals surface area contributed by atoms with Gasteiger partial charge in [-0.05, 0) is 24.5 Å². The summed E-state index contributed by atoms with van der Waals surface area (Å²) in [5.74, 6) is -0.0993. The molecule has 1 unspecified atom stereocenters. The second-order valence-electron chi connectivity index (χ2n) is 3.70. The van der Waals surface area contributed by atoms with Gasteiger partial charge in [-0.25, -0.2) is 0 Å². The lowest BCUT2D eigenvalue weighted by Crippen LogP contribution is -2.29. The van der Waals surface area contributed by atoms with Crippen LogP contribution >= 0.6 is 23.4 Å². The van der Waals surface area contributed by atoms with Gasteiger partial charge in [0.2, 0.25) is 0 Å². The Bertz CT molecular complexity index is 398. The van der Waals surface area contributed by atoms with Crippen LogP contribution in [0.25, 0.3) is 0 Å². The summed E-state index contributed by atoms with van der Waals surface area (Å²) in [5, 5.41) is 6.84. The number of rotatable bonds is 5. The summed E-state index contributed by atoms with van der Waals surface area (Å²) in [6.45, 7) is 2.72. The van der Waals surface area contributed by atoms with E-state index < -0.39 is 0 Å². The molecular weight excluding hydrogens is 256 g/mol. The van der Waals surface area contributed by atoms with Crippen molar-refractivity contribution in [3.05, 3.63) is 28.8 Å². The van der Waals surface area contributed by atoms with E-state index in [0.717, 1.165) is 5.69 Å². The molecule has 2 N–H and O–H groups in total. The highest BCUT2D eigenvalue weighted by Gasteiger charge is 2.12. The number of benzene rings is 1. The fourth-order valence-corrected chi connectivity index (χ4v) is 1.76. The Balaban J connectivity index is 2.77. The summed E-state index contributed by atoms with van der Waals surface area (Å²) in [6, 6.07) is 5.23. The summed E-state index contributed by atoms with van der Waals surface area (Å²) >= 11 is 7.61. The van der Waals surface area contributed by atoms with Gasteiger partial charge >= 0.3 is 0 Å². The monoisotopic (exact) mass is 272 g/mol. The first-order valence-corrected chi connectivity index (χ1v) is 7.03. The highest BCUT2D eigenvalue weighted by molar-refractivity contribution is 7.99. The van der Waals surface area contributed by atoms with Gasteiger partial charge in [0.05, 0.1) is 5.56 Å². The Morgan fingerprint density at radius 3 is 2.82 bits per heavy atom. The molecule has 0 bridgehead atoms. The second-order valence-corrected chi connectivity index (χ2v) is 5.41. The van der Waals surface area contributed by atoms with E-state index in [4.69, 9.17) is 11.6 Å². The number of halogens is 1. The van der Waals surface area contributed by atoms with Crippen LogP contribution in [0, 0.1) is 0 Å². The lowest BCUT2D eigenvalue weighted by molar-refractivity contribution is 0.0955. The van der Waals surface area contributed by atoms with Crippen LogP contribution in [0.3, 0.4) is 0 Å². The van der Waals surface area contributed by atoms with E-state index >= 15 is 0 Å². The molecule has 0 spiro atoms. The van der Waals surface area contributed by atoms with Crippen LogP contribution in [0.5, 0.6) is 0 Å². The molecule has 0 saturated carbocycles. The maximum absolute atomic E-state index is 12.0. The molecule has 3 nitrogen and oxygen atoms in total. The molecule has 0 saturated heterocycles. The van der Waals surface area contributed by atoms with Crippen molar-refractivity contribution in [2.75, 3.05) is 25.2 Å². The molecule has 0 aliphatic carbocycles. The lowest BCUT2D eigenvalue weighted by Gasteiger charge is -2.12. The Morgan fingerprint density at radius 1 is 1.53 bits per heavy atom. The van der Waals surface area contributed by atoms with Crippen LogP contribution < -0.4 is 10.6 Å². The highest BCUT2D eigenvalue weighted by atomic mass is 35.5. The average Bonchev–Trinajstić information content (AvgIpc) is 2.35. The van der Waals surface area contributed by atoms with Gasteiger partial charge in [0.1, 0.15) is 0 Å². The topological polar surface area (TPSA) is 41.1 Å². The summed E-state index contributed by atoms with van der Waals surface area (Å²) < 4.78 is 0. The van der Waals surface area contributed by atoms with Crippen LogP contribution in [-0.2, 0) is 0 Å². The minimum Gasteiger partial charge on any atom is -0.387 e. The van der Waals surface area contributed by atoms with Crippen LogP contribution in [-0.4, -0.2) is 31.0 Å². The van der Waals surface area contributed by atoms with Crippen molar-refractivity contribution in [2.45, 2.75) is 12.2 Å². The van der Waals surface area contributed by atoms with E-state index in [0.29, 0.717) is 22.4 Å². The van der Waals surface area contributed by atoms with Gasteiger partial charge in [0.15, 0.2) is 0 Å². The van der Waals surface area contributed by atoms with E-state index in [-0.39, 0.29) is 5.91 Å². The summed E-state index contributed by atoms with van der Waals surface area (Å²) in [7, 11) is 1.78. The van der Waals surface area contributed by atoms with Crippen molar-refractivity contribution < 1.29 is 4.79 Å². The van der Waals surface area contributed by atoms with Gasteiger partial charge in [-0.2, -0.15) is 11.8 Å². The van der Waals surface area contributed by atoms with Crippen molar-refractivity contribution in [3.63, 3.8) is 0 Å². The van der Waals surface area contributed by atoms with E-state index in [9.17, 15) is 4.79 Å². The number of anilines is 1. The lowest BCUT2D eigenvalue weighted by atomic mass is 10.1. The van der Waals surface area contributed by atoms with Crippen LogP contribution in [0.4, 0.5) is 5.69 Å². The first-order valence-electron chi connectivity index (χ1n) is 5.36. The van der Waals surface area contributed by atoms with E-state index in [1.165, 1.54) is 0 Å². The van der Waals surface area contributed by atoms with Crippen molar-refractivity contribution in [3.8, 4) is 0 Å².